The van der Waals surface area contributed by atoms with Gasteiger partial charge in [0.1, 0.15) is 0 Å². The van der Waals surface area contributed by atoms with Crippen LogP contribution in [-0.4, -0.2) is 23.5 Å². The maximum Gasteiger partial charge on any atom is 0.173 e. The number of nitrogens with zero attached hydrogens (tertiary/aromatic N) is 1. The Morgan fingerprint density at radius 2 is 2.18 bits per heavy atom. The highest BCUT2D eigenvalue weighted by molar-refractivity contribution is 7.99. The summed E-state index contributed by atoms with van der Waals surface area (Å²) in [5.74, 6) is 1.16. The van der Waals surface area contributed by atoms with Gasteiger partial charge in [0.15, 0.2) is 5.11 Å². The molecule has 0 unspecified atom stereocenters. The quantitative estimate of drug-likeness (QED) is 0.784. The molecule has 0 amide bonds. The van der Waals surface area contributed by atoms with Crippen molar-refractivity contribution >= 4 is 34.8 Å². The third-order valence-corrected chi connectivity index (χ3v) is 4.08. The molecule has 1 aromatic rings. The van der Waals surface area contributed by atoms with Crippen molar-refractivity contribution in [3.63, 3.8) is 0 Å². The van der Waals surface area contributed by atoms with Gasteiger partial charge in [-0.2, -0.15) is 0 Å². The predicted octanol–water partition coefficient (Wildman–Crippen LogP) is 3.27. The number of fused-ring (bicyclic) bond motifs is 1. The Bertz CT molecular complexity index is 404. The smallest absolute Gasteiger partial charge is 0.173 e. The summed E-state index contributed by atoms with van der Waals surface area (Å²) in [7, 11) is 0. The number of benzene rings is 1. The molecule has 0 saturated carbocycles. The van der Waals surface area contributed by atoms with E-state index in [1.807, 2.05) is 11.8 Å². The van der Waals surface area contributed by atoms with Gasteiger partial charge < -0.3 is 10.2 Å². The summed E-state index contributed by atoms with van der Waals surface area (Å²) in [6.45, 7) is 5.23. The zero-order valence-corrected chi connectivity index (χ0v) is 11.9. The summed E-state index contributed by atoms with van der Waals surface area (Å²) in [5.41, 5.74) is 1.24. The van der Waals surface area contributed by atoms with E-state index < -0.39 is 0 Å². The molecule has 1 aromatic carbocycles. The highest BCUT2D eigenvalue weighted by Gasteiger charge is 2.18. The van der Waals surface area contributed by atoms with Crippen molar-refractivity contribution in [2.75, 3.05) is 17.2 Å². The van der Waals surface area contributed by atoms with E-state index in [1.165, 1.54) is 17.0 Å². The fourth-order valence-corrected chi connectivity index (χ4v) is 3.28. The molecule has 2 rings (SSSR count). The first-order chi connectivity index (χ1) is 8.18. The molecule has 0 bridgehead atoms. The molecule has 4 heteroatoms. The summed E-state index contributed by atoms with van der Waals surface area (Å²) >= 11 is 7.41. The van der Waals surface area contributed by atoms with Crippen LogP contribution in [-0.2, 0) is 0 Å². The van der Waals surface area contributed by atoms with Gasteiger partial charge in [0, 0.05) is 17.5 Å². The number of para-hydroxylation sites is 1. The number of rotatable bonds is 1. The molecule has 0 aliphatic carbocycles. The van der Waals surface area contributed by atoms with Gasteiger partial charge in [-0.15, -0.1) is 11.8 Å². The van der Waals surface area contributed by atoms with Crippen LogP contribution in [0.25, 0.3) is 0 Å². The molecule has 0 atom stereocenters. The van der Waals surface area contributed by atoms with Crippen LogP contribution in [0.1, 0.15) is 20.3 Å². The summed E-state index contributed by atoms with van der Waals surface area (Å²) in [5, 5.41) is 4.17. The first kappa shape index (κ1) is 12.7. The van der Waals surface area contributed by atoms with Gasteiger partial charge in [-0.05, 0) is 50.4 Å². The van der Waals surface area contributed by atoms with Gasteiger partial charge in [0.25, 0.3) is 0 Å². The van der Waals surface area contributed by atoms with Gasteiger partial charge >= 0.3 is 0 Å². The Balaban J connectivity index is 2.25. The average molecular weight is 266 g/mol. The fourth-order valence-electron chi connectivity index (χ4n) is 1.86. The van der Waals surface area contributed by atoms with Gasteiger partial charge in [0.2, 0.25) is 0 Å². The van der Waals surface area contributed by atoms with Crippen molar-refractivity contribution in [1.82, 2.24) is 5.32 Å². The van der Waals surface area contributed by atoms with E-state index in [0.29, 0.717) is 6.04 Å². The van der Waals surface area contributed by atoms with E-state index in [4.69, 9.17) is 12.2 Å². The number of nitrogens with one attached hydrogen (secondary N) is 1. The normalized spacial score (nSPS) is 15.4. The molecular weight excluding hydrogens is 248 g/mol. The van der Waals surface area contributed by atoms with Crippen LogP contribution in [0, 0.1) is 0 Å². The van der Waals surface area contributed by atoms with E-state index in [2.05, 4.69) is 48.3 Å². The Kier molecular flexibility index (Phi) is 4.29. The lowest BCUT2D eigenvalue weighted by Gasteiger charge is -2.26. The molecule has 1 heterocycles. The molecule has 1 aliphatic heterocycles. The summed E-state index contributed by atoms with van der Waals surface area (Å²) < 4.78 is 0. The molecule has 0 fully saturated rings. The highest BCUT2D eigenvalue weighted by Crippen LogP contribution is 2.33. The highest BCUT2D eigenvalue weighted by atomic mass is 32.2. The number of thiocarbonyl (C=S) groups is 1. The molecule has 0 radical (unpaired) electrons. The fraction of sp³-hybridized carbons (Fsp3) is 0.462. The lowest BCUT2D eigenvalue weighted by atomic mass is 10.3. The van der Waals surface area contributed by atoms with Gasteiger partial charge in [-0.1, -0.05) is 12.1 Å². The monoisotopic (exact) mass is 266 g/mol. The first-order valence-electron chi connectivity index (χ1n) is 5.98. The van der Waals surface area contributed by atoms with Crippen molar-refractivity contribution < 1.29 is 0 Å². The summed E-state index contributed by atoms with van der Waals surface area (Å²) in [6, 6.07) is 8.88. The second kappa shape index (κ2) is 5.74. The largest absolute Gasteiger partial charge is 0.360 e. The maximum atomic E-state index is 5.49. The molecule has 1 N–H and O–H groups in total. The lowest BCUT2D eigenvalue weighted by molar-refractivity contribution is 0.724. The third kappa shape index (κ3) is 3.13. The second-order valence-electron chi connectivity index (χ2n) is 4.43. The Morgan fingerprint density at radius 1 is 1.41 bits per heavy atom. The van der Waals surface area contributed by atoms with Gasteiger partial charge in [-0.3, -0.25) is 0 Å². The standard InChI is InChI=1S/C13H18N2S2/c1-10(2)14-13(16)15-8-5-9-17-12-7-4-3-6-11(12)15/h3-4,6-7,10H,5,8-9H2,1-2H3,(H,14,16). The zero-order chi connectivity index (χ0) is 12.3. The van der Waals surface area contributed by atoms with Crippen LogP contribution in [0.15, 0.2) is 29.2 Å². The van der Waals surface area contributed by atoms with E-state index in [0.717, 1.165) is 17.4 Å². The average Bonchev–Trinajstić information content (AvgIpc) is 2.50. The molecule has 92 valence electrons. The maximum absolute atomic E-state index is 5.49. The van der Waals surface area contributed by atoms with Gasteiger partial charge in [0.05, 0.1) is 5.69 Å². The minimum absolute atomic E-state index is 0.380. The lowest BCUT2D eigenvalue weighted by Crippen LogP contribution is -2.43. The minimum Gasteiger partial charge on any atom is -0.360 e. The van der Waals surface area contributed by atoms with Crippen LogP contribution >= 0.6 is 24.0 Å². The first-order valence-corrected chi connectivity index (χ1v) is 7.37. The second-order valence-corrected chi connectivity index (χ2v) is 5.95. The minimum atomic E-state index is 0.380. The van der Waals surface area contributed by atoms with Crippen molar-refractivity contribution in [2.24, 2.45) is 0 Å². The molecule has 1 aliphatic rings. The Morgan fingerprint density at radius 3 is 2.94 bits per heavy atom. The Hall–Kier alpha value is -0.740. The summed E-state index contributed by atoms with van der Waals surface area (Å²) in [6.07, 6.45) is 1.17. The van der Waals surface area contributed by atoms with Gasteiger partial charge in [-0.25, -0.2) is 0 Å². The van der Waals surface area contributed by atoms with Crippen LogP contribution in [0.2, 0.25) is 0 Å². The molecule has 17 heavy (non-hydrogen) atoms. The van der Waals surface area contributed by atoms with Crippen LogP contribution < -0.4 is 10.2 Å². The zero-order valence-electron chi connectivity index (χ0n) is 10.3. The van der Waals surface area contributed by atoms with Crippen LogP contribution in [0.5, 0.6) is 0 Å². The molecular formula is C13H18N2S2. The molecule has 0 aromatic heterocycles. The number of anilines is 1. The Labute approximate surface area is 113 Å². The van der Waals surface area contributed by atoms with Crippen LogP contribution in [0.4, 0.5) is 5.69 Å². The van der Waals surface area contributed by atoms with E-state index in [9.17, 15) is 0 Å². The van der Waals surface area contributed by atoms with Crippen molar-refractivity contribution in [2.45, 2.75) is 31.2 Å². The third-order valence-electron chi connectivity index (χ3n) is 2.60. The van der Waals surface area contributed by atoms with Crippen molar-refractivity contribution in [3.8, 4) is 0 Å². The number of hydrogen-bond acceptors (Lipinski definition) is 2. The van der Waals surface area contributed by atoms with Crippen molar-refractivity contribution in [1.29, 1.82) is 0 Å². The SMILES string of the molecule is CC(C)NC(=S)N1CCCSc2ccccc21. The molecule has 0 saturated heterocycles. The van der Waals surface area contributed by atoms with E-state index >= 15 is 0 Å². The van der Waals surface area contributed by atoms with Crippen LogP contribution in [0.3, 0.4) is 0 Å². The number of thioether (sulfide) groups is 1. The molecule has 0 spiro atoms. The number of hydrogen-bond donors (Lipinski definition) is 1. The molecule has 2 nitrogen and oxygen atoms in total. The topological polar surface area (TPSA) is 15.3 Å². The van der Waals surface area contributed by atoms with Crippen molar-refractivity contribution in [3.05, 3.63) is 24.3 Å². The predicted molar refractivity (Wildman–Crippen MR) is 80.0 cm³/mol. The summed E-state index contributed by atoms with van der Waals surface area (Å²) in [4.78, 5) is 3.56. The van der Waals surface area contributed by atoms with E-state index in [-0.39, 0.29) is 0 Å². The van der Waals surface area contributed by atoms with E-state index in [1.54, 1.807) is 0 Å².